The second-order valence-electron chi connectivity index (χ2n) is 4.48. The van der Waals surface area contributed by atoms with E-state index in [4.69, 9.17) is 5.11 Å². The van der Waals surface area contributed by atoms with Gasteiger partial charge in [0.25, 0.3) is 6.43 Å². The molecule has 0 saturated heterocycles. The van der Waals surface area contributed by atoms with Crippen molar-refractivity contribution >= 4 is 5.97 Å². The smallest absolute Gasteiger partial charge is 0.307 e. The summed E-state index contributed by atoms with van der Waals surface area (Å²) in [5, 5.41) is 8.78. The summed E-state index contributed by atoms with van der Waals surface area (Å²) < 4.78 is 24.7. The van der Waals surface area contributed by atoms with E-state index in [-0.39, 0.29) is 5.56 Å². The quantitative estimate of drug-likeness (QED) is 0.852. The molecule has 1 aromatic carbocycles. The van der Waals surface area contributed by atoms with Crippen LogP contribution in [0, 0.1) is 5.92 Å². The van der Waals surface area contributed by atoms with Crippen LogP contribution in [0.2, 0.25) is 0 Å². The van der Waals surface area contributed by atoms with Gasteiger partial charge >= 0.3 is 5.97 Å². The molecule has 1 N–H and O–H groups in total. The Morgan fingerprint density at radius 1 is 1.33 bits per heavy atom. The van der Waals surface area contributed by atoms with E-state index in [1.807, 2.05) is 4.90 Å². The van der Waals surface area contributed by atoms with Crippen LogP contribution in [-0.2, 0) is 11.3 Å². The molecule has 0 spiro atoms. The lowest BCUT2D eigenvalue weighted by atomic mass is 10.1. The number of carbonyl (C=O) groups is 1. The van der Waals surface area contributed by atoms with Gasteiger partial charge in [0.05, 0.1) is 5.92 Å². The third kappa shape index (κ3) is 4.41. The van der Waals surface area contributed by atoms with E-state index in [2.05, 4.69) is 0 Å². The Bertz CT molecular complexity index is 392. The number of rotatable bonds is 6. The zero-order chi connectivity index (χ0) is 13.7. The first-order chi connectivity index (χ1) is 8.40. The van der Waals surface area contributed by atoms with Crippen LogP contribution in [0.1, 0.15) is 24.5 Å². The van der Waals surface area contributed by atoms with Crippen molar-refractivity contribution in [3.63, 3.8) is 0 Å². The standard InChI is InChI=1S/C13H17F2NO2/c1-9(13(17)18)7-16(2)8-10-3-5-11(6-4-10)12(14)15/h3-6,9,12H,7-8H2,1-2H3,(H,17,18). The highest BCUT2D eigenvalue weighted by atomic mass is 19.3. The second kappa shape index (κ2) is 6.44. The van der Waals surface area contributed by atoms with E-state index in [0.29, 0.717) is 13.1 Å². The molecule has 0 aliphatic heterocycles. The van der Waals surface area contributed by atoms with Crippen LogP contribution in [0.15, 0.2) is 24.3 Å². The lowest BCUT2D eigenvalue weighted by molar-refractivity contribution is -0.141. The number of hydrogen-bond donors (Lipinski definition) is 1. The van der Waals surface area contributed by atoms with Gasteiger partial charge in [0, 0.05) is 18.7 Å². The topological polar surface area (TPSA) is 40.5 Å². The number of benzene rings is 1. The summed E-state index contributed by atoms with van der Waals surface area (Å²) >= 11 is 0. The van der Waals surface area contributed by atoms with Gasteiger partial charge < -0.3 is 10.0 Å². The first-order valence-corrected chi connectivity index (χ1v) is 5.68. The van der Waals surface area contributed by atoms with E-state index < -0.39 is 18.3 Å². The van der Waals surface area contributed by atoms with Gasteiger partial charge in [-0.3, -0.25) is 4.79 Å². The second-order valence-corrected chi connectivity index (χ2v) is 4.48. The maximum absolute atomic E-state index is 12.3. The van der Waals surface area contributed by atoms with Crippen LogP contribution in [0.3, 0.4) is 0 Å². The van der Waals surface area contributed by atoms with Gasteiger partial charge in [-0.1, -0.05) is 31.2 Å². The van der Waals surface area contributed by atoms with Crippen LogP contribution < -0.4 is 0 Å². The Morgan fingerprint density at radius 3 is 2.33 bits per heavy atom. The van der Waals surface area contributed by atoms with Crippen molar-refractivity contribution in [3.8, 4) is 0 Å². The minimum absolute atomic E-state index is 0.000284. The molecule has 1 rings (SSSR count). The average molecular weight is 257 g/mol. The molecule has 0 amide bonds. The fraction of sp³-hybridized carbons (Fsp3) is 0.462. The van der Waals surface area contributed by atoms with Crippen LogP contribution >= 0.6 is 0 Å². The van der Waals surface area contributed by atoms with E-state index >= 15 is 0 Å². The Balaban J connectivity index is 2.54. The fourth-order valence-corrected chi connectivity index (χ4v) is 1.69. The molecular formula is C13H17F2NO2. The molecule has 1 aromatic rings. The first-order valence-electron chi connectivity index (χ1n) is 5.68. The molecule has 3 nitrogen and oxygen atoms in total. The van der Waals surface area contributed by atoms with Crippen molar-refractivity contribution < 1.29 is 18.7 Å². The first kappa shape index (κ1) is 14.6. The van der Waals surface area contributed by atoms with Crippen LogP contribution in [-0.4, -0.2) is 29.6 Å². The molecule has 100 valence electrons. The molecular weight excluding hydrogens is 240 g/mol. The molecule has 0 heterocycles. The van der Waals surface area contributed by atoms with Crippen LogP contribution in [0.5, 0.6) is 0 Å². The molecule has 0 fully saturated rings. The van der Waals surface area contributed by atoms with Crippen molar-refractivity contribution in [2.24, 2.45) is 5.92 Å². The summed E-state index contributed by atoms with van der Waals surface area (Å²) in [6, 6.07) is 6.08. The largest absolute Gasteiger partial charge is 0.481 e. The summed E-state index contributed by atoms with van der Waals surface area (Å²) in [5.41, 5.74) is 0.889. The van der Waals surface area contributed by atoms with E-state index in [9.17, 15) is 13.6 Å². The molecule has 1 atom stereocenters. The summed E-state index contributed by atoms with van der Waals surface area (Å²) in [5.74, 6) is -1.29. The molecule has 0 saturated carbocycles. The Morgan fingerprint density at radius 2 is 1.89 bits per heavy atom. The summed E-state index contributed by atoms with van der Waals surface area (Å²) in [4.78, 5) is 12.6. The van der Waals surface area contributed by atoms with Gasteiger partial charge in [0.2, 0.25) is 0 Å². The molecule has 5 heteroatoms. The van der Waals surface area contributed by atoms with E-state index in [0.717, 1.165) is 5.56 Å². The number of hydrogen-bond acceptors (Lipinski definition) is 2. The van der Waals surface area contributed by atoms with Gasteiger partial charge in [-0.15, -0.1) is 0 Å². The Labute approximate surface area is 105 Å². The zero-order valence-corrected chi connectivity index (χ0v) is 10.4. The lowest BCUT2D eigenvalue weighted by Gasteiger charge is -2.19. The molecule has 18 heavy (non-hydrogen) atoms. The highest BCUT2D eigenvalue weighted by Gasteiger charge is 2.13. The highest BCUT2D eigenvalue weighted by Crippen LogP contribution is 2.19. The van der Waals surface area contributed by atoms with Gasteiger partial charge in [0.15, 0.2) is 0 Å². The van der Waals surface area contributed by atoms with E-state index in [1.54, 1.807) is 26.1 Å². The van der Waals surface area contributed by atoms with Crippen molar-refractivity contribution in [1.29, 1.82) is 0 Å². The number of carboxylic acid groups (broad SMARTS) is 1. The maximum atomic E-state index is 12.3. The lowest BCUT2D eigenvalue weighted by Crippen LogP contribution is -2.28. The number of carboxylic acids is 1. The van der Waals surface area contributed by atoms with E-state index in [1.165, 1.54) is 12.1 Å². The number of halogens is 2. The van der Waals surface area contributed by atoms with Crippen molar-refractivity contribution in [1.82, 2.24) is 4.90 Å². The zero-order valence-electron chi connectivity index (χ0n) is 10.4. The summed E-state index contributed by atoms with van der Waals surface area (Å²) in [7, 11) is 1.81. The van der Waals surface area contributed by atoms with Crippen LogP contribution in [0.25, 0.3) is 0 Å². The highest BCUT2D eigenvalue weighted by molar-refractivity contribution is 5.69. The van der Waals surface area contributed by atoms with Gasteiger partial charge in [-0.2, -0.15) is 0 Å². The van der Waals surface area contributed by atoms with Crippen LogP contribution in [0.4, 0.5) is 8.78 Å². The number of alkyl halides is 2. The number of aliphatic carboxylic acids is 1. The number of nitrogens with zero attached hydrogens (tertiary/aromatic N) is 1. The van der Waals surface area contributed by atoms with Crippen molar-refractivity contribution in [2.75, 3.05) is 13.6 Å². The Hall–Kier alpha value is -1.49. The molecule has 0 aliphatic carbocycles. The molecule has 1 unspecified atom stereocenters. The fourth-order valence-electron chi connectivity index (χ4n) is 1.69. The van der Waals surface area contributed by atoms with Gasteiger partial charge in [-0.25, -0.2) is 8.78 Å². The maximum Gasteiger partial charge on any atom is 0.307 e. The van der Waals surface area contributed by atoms with Gasteiger partial charge in [0.1, 0.15) is 0 Å². The summed E-state index contributed by atoms with van der Waals surface area (Å²) in [6.07, 6.45) is -2.45. The van der Waals surface area contributed by atoms with Crippen molar-refractivity contribution in [2.45, 2.75) is 19.9 Å². The Kier molecular flexibility index (Phi) is 5.22. The normalized spacial score (nSPS) is 13.0. The predicted molar refractivity (Wildman–Crippen MR) is 64.5 cm³/mol. The minimum atomic E-state index is -2.45. The monoisotopic (exact) mass is 257 g/mol. The average Bonchev–Trinajstić information content (AvgIpc) is 2.29. The molecule has 0 radical (unpaired) electrons. The van der Waals surface area contributed by atoms with Gasteiger partial charge in [-0.05, 0) is 12.6 Å². The molecule has 0 bridgehead atoms. The SMILES string of the molecule is CC(CN(C)Cc1ccc(C(F)F)cc1)C(=O)O. The van der Waals surface area contributed by atoms with Crippen molar-refractivity contribution in [3.05, 3.63) is 35.4 Å². The molecule has 0 aliphatic rings. The minimum Gasteiger partial charge on any atom is -0.481 e. The predicted octanol–water partition coefficient (Wildman–Crippen LogP) is 2.78. The summed E-state index contributed by atoms with van der Waals surface area (Å²) in [6.45, 7) is 2.60. The molecule has 0 aromatic heterocycles. The third-order valence-corrected chi connectivity index (χ3v) is 2.69. The third-order valence-electron chi connectivity index (χ3n) is 2.69.